The van der Waals surface area contributed by atoms with Crippen LogP contribution >= 0.6 is 12.4 Å². The van der Waals surface area contributed by atoms with Crippen molar-refractivity contribution in [3.05, 3.63) is 36.1 Å². The monoisotopic (exact) mass is 308 g/mol. The molecule has 1 heterocycles. The minimum atomic E-state index is -0.113. The number of rotatable bonds is 6. The third-order valence-electron chi connectivity index (χ3n) is 3.66. The van der Waals surface area contributed by atoms with Crippen LogP contribution in [0.25, 0.3) is 11.0 Å². The number of para-hydroxylation sites is 1. The number of nitrogens with one attached hydrogen (secondary N) is 2. The maximum atomic E-state index is 11.8. The number of fused-ring (bicyclic) bond motifs is 1. The van der Waals surface area contributed by atoms with Gasteiger partial charge in [0.25, 0.3) is 0 Å². The molecule has 2 N–H and O–H groups in total. The first kappa shape index (κ1) is 15.9. The lowest BCUT2D eigenvalue weighted by Gasteiger charge is -2.11. The highest BCUT2D eigenvalue weighted by Gasteiger charge is 2.21. The molecule has 1 aromatic heterocycles. The molecule has 1 aliphatic carbocycles. The first-order valence-electron chi connectivity index (χ1n) is 7.21. The lowest BCUT2D eigenvalue weighted by Crippen LogP contribution is -2.36. The van der Waals surface area contributed by atoms with Gasteiger partial charge in [0.1, 0.15) is 11.3 Å². The van der Waals surface area contributed by atoms with Crippen LogP contribution in [0.5, 0.6) is 0 Å². The van der Waals surface area contributed by atoms with E-state index in [4.69, 9.17) is 4.42 Å². The third kappa shape index (κ3) is 4.22. The largest absolute Gasteiger partial charge is 0.459 e. The number of hydrogen-bond donors (Lipinski definition) is 2. The maximum Gasteiger partial charge on any atom is 0.234 e. The fourth-order valence-electron chi connectivity index (χ4n) is 2.29. The zero-order valence-electron chi connectivity index (χ0n) is 12.1. The van der Waals surface area contributed by atoms with E-state index in [1.807, 2.05) is 37.3 Å². The molecule has 1 amide bonds. The minimum Gasteiger partial charge on any atom is -0.459 e. The highest BCUT2D eigenvalue weighted by molar-refractivity contribution is 5.85. The summed E-state index contributed by atoms with van der Waals surface area (Å²) in [6, 6.07) is 9.74. The Kier molecular flexibility index (Phi) is 5.26. The molecule has 1 unspecified atom stereocenters. The van der Waals surface area contributed by atoms with Crippen molar-refractivity contribution in [2.75, 3.05) is 13.1 Å². The number of furan rings is 1. The molecule has 21 heavy (non-hydrogen) atoms. The molecule has 0 saturated heterocycles. The lowest BCUT2D eigenvalue weighted by molar-refractivity contribution is -0.121. The molecule has 3 rings (SSSR count). The first-order valence-corrected chi connectivity index (χ1v) is 7.21. The molecular weight excluding hydrogens is 288 g/mol. The highest BCUT2D eigenvalue weighted by Crippen LogP contribution is 2.27. The molecule has 1 aromatic carbocycles. The van der Waals surface area contributed by atoms with E-state index in [2.05, 4.69) is 10.6 Å². The molecule has 4 nitrogen and oxygen atoms in total. The first-order chi connectivity index (χ1) is 9.72. The van der Waals surface area contributed by atoms with Gasteiger partial charge < -0.3 is 15.1 Å². The van der Waals surface area contributed by atoms with E-state index in [9.17, 15) is 4.79 Å². The maximum absolute atomic E-state index is 11.8. The Hall–Kier alpha value is -1.52. The summed E-state index contributed by atoms with van der Waals surface area (Å²) in [5.41, 5.74) is 0.857. The van der Waals surface area contributed by atoms with E-state index in [-0.39, 0.29) is 24.4 Å². The van der Waals surface area contributed by atoms with Crippen molar-refractivity contribution in [3.8, 4) is 0 Å². The Balaban J connectivity index is 0.00000161. The van der Waals surface area contributed by atoms with E-state index in [0.717, 1.165) is 29.2 Å². The molecule has 5 heteroatoms. The van der Waals surface area contributed by atoms with Crippen LogP contribution in [0.3, 0.4) is 0 Å². The van der Waals surface area contributed by atoms with Gasteiger partial charge in [-0.2, -0.15) is 0 Å². The highest BCUT2D eigenvalue weighted by atomic mass is 35.5. The molecule has 0 spiro atoms. The summed E-state index contributed by atoms with van der Waals surface area (Å²) < 4.78 is 5.75. The van der Waals surface area contributed by atoms with Gasteiger partial charge in [0.15, 0.2) is 0 Å². The predicted molar refractivity (Wildman–Crippen MR) is 85.6 cm³/mol. The van der Waals surface area contributed by atoms with Crippen LogP contribution in [0.4, 0.5) is 0 Å². The average Bonchev–Trinajstić information content (AvgIpc) is 3.15. The van der Waals surface area contributed by atoms with Crippen LogP contribution in [0.15, 0.2) is 34.7 Å². The second kappa shape index (κ2) is 6.96. The Labute approximate surface area is 130 Å². The van der Waals surface area contributed by atoms with E-state index >= 15 is 0 Å². The van der Waals surface area contributed by atoms with Crippen LogP contribution in [-0.4, -0.2) is 19.0 Å². The van der Waals surface area contributed by atoms with Gasteiger partial charge in [0, 0.05) is 5.39 Å². The number of amides is 1. The Morgan fingerprint density at radius 3 is 2.86 bits per heavy atom. The summed E-state index contributed by atoms with van der Waals surface area (Å²) in [5.74, 6) is 1.59. The van der Waals surface area contributed by atoms with Crippen molar-refractivity contribution in [2.45, 2.75) is 25.8 Å². The van der Waals surface area contributed by atoms with Crippen LogP contribution in [0.2, 0.25) is 0 Å². The summed E-state index contributed by atoms with van der Waals surface area (Å²) in [6.45, 7) is 3.27. The molecule has 1 fully saturated rings. The fraction of sp³-hybridized carbons (Fsp3) is 0.438. The van der Waals surface area contributed by atoms with Crippen LogP contribution in [0.1, 0.15) is 31.6 Å². The van der Waals surface area contributed by atoms with Crippen molar-refractivity contribution in [2.24, 2.45) is 5.92 Å². The van der Waals surface area contributed by atoms with Gasteiger partial charge in [-0.15, -0.1) is 12.4 Å². The van der Waals surface area contributed by atoms with Crippen molar-refractivity contribution in [3.63, 3.8) is 0 Å². The normalized spacial score (nSPS) is 15.5. The third-order valence-corrected chi connectivity index (χ3v) is 3.66. The summed E-state index contributed by atoms with van der Waals surface area (Å²) in [6.07, 6.45) is 2.59. The molecule has 0 radical (unpaired) electrons. The van der Waals surface area contributed by atoms with Gasteiger partial charge in [0.2, 0.25) is 5.91 Å². The van der Waals surface area contributed by atoms with E-state index < -0.39 is 0 Å². The summed E-state index contributed by atoms with van der Waals surface area (Å²) in [7, 11) is 0. The molecule has 2 aromatic rings. The molecule has 1 aliphatic rings. The van der Waals surface area contributed by atoms with Crippen molar-refractivity contribution in [1.82, 2.24) is 10.6 Å². The topological polar surface area (TPSA) is 54.3 Å². The molecular formula is C16H21ClN2O2. The Morgan fingerprint density at radius 1 is 1.38 bits per heavy atom. The van der Waals surface area contributed by atoms with Gasteiger partial charge in [-0.05, 0) is 44.4 Å². The number of carbonyl (C=O) groups is 1. The molecule has 0 aliphatic heterocycles. The number of hydrogen-bond acceptors (Lipinski definition) is 3. The predicted octanol–water partition coefficient (Wildman–Crippen LogP) is 3.03. The van der Waals surface area contributed by atoms with Gasteiger partial charge >= 0.3 is 0 Å². The molecule has 1 saturated carbocycles. The SMILES string of the molecule is CC(NC(=O)CNCC1CC1)c1cc2ccccc2o1.Cl. The summed E-state index contributed by atoms with van der Waals surface area (Å²) in [5, 5.41) is 7.21. The zero-order chi connectivity index (χ0) is 13.9. The number of benzene rings is 1. The summed E-state index contributed by atoms with van der Waals surface area (Å²) in [4.78, 5) is 11.8. The van der Waals surface area contributed by atoms with Crippen molar-refractivity contribution < 1.29 is 9.21 Å². The number of carbonyl (C=O) groups excluding carboxylic acids is 1. The molecule has 1 atom stereocenters. The minimum absolute atomic E-state index is 0. The quantitative estimate of drug-likeness (QED) is 0.862. The molecule has 114 valence electrons. The van der Waals surface area contributed by atoms with Gasteiger partial charge in [0.05, 0.1) is 12.6 Å². The Morgan fingerprint density at radius 2 is 2.14 bits per heavy atom. The Bertz CT molecular complexity index is 574. The second-order valence-electron chi connectivity index (χ2n) is 5.55. The van der Waals surface area contributed by atoms with Crippen LogP contribution < -0.4 is 10.6 Å². The van der Waals surface area contributed by atoms with Gasteiger partial charge in [-0.25, -0.2) is 0 Å². The van der Waals surface area contributed by atoms with Crippen molar-refractivity contribution >= 4 is 29.3 Å². The van der Waals surface area contributed by atoms with Crippen LogP contribution in [-0.2, 0) is 4.79 Å². The average molecular weight is 309 g/mol. The fourth-order valence-corrected chi connectivity index (χ4v) is 2.29. The van der Waals surface area contributed by atoms with E-state index in [1.54, 1.807) is 0 Å². The van der Waals surface area contributed by atoms with E-state index in [0.29, 0.717) is 6.54 Å². The van der Waals surface area contributed by atoms with Crippen molar-refractivity contribution in [1.29, 1.82) is 0 Å². The second-order valence-corrected chi connectivity index (χ2v) is 5.55. The smallest absolute Gasteiger partial charge is 0.234 e. The van der Waals surface area contributed by atoms with Gasteiger partial charge in [-0.1, -0.05) is 18.2 Å². The lowest BCUT2D eigenvalue weighted by atomic mass is 10.2. The van der Waals surface area contributed by atoms with E-state index in [1.165, 1.54) is 12.8 Å². The summed E-state index contributed by atoms with van der Waals surface area (Å²) >= 11 is 0. The standard InChI is InChI=1S/C16H20N2O2.ClH/c1-11(18-16(19)10-17-9-12-6-7-12)15-8-13-4-2-3-5-14(13)20-15;/h2-5,8,11-12,17H,6-7,9-10H2,1H3,(H,18,19);1H. The van der Waals surface area contributed by atoms with Crippen LogP contribution in [0, 0.1) is 5.92 Å². The zero-order valence-corrected chi connectivity index (χ0v) is 12.9. The van der Waals surface area contributed by atoms with Gasteiger partial charge in [-0.3, -0.25) is 4.79 Å². The number of halogens is 1. The molecule has 0 bridgehead atoms.